The number of amides is 2. The fourth-order valence-corrected chi connectivity index (χ4v) is 3.50. The fraction of sp³-hybridized carbons (Fsp3) is 0.867. The standard InChI is InChI=1S/C15H26N2O3S/c1-5-12-13(18)16-15(3,11-6-7-11)14(19)17(12)9-8-10(2)21(4)20/h10-12H,5-9H2,1-4H3,(H,16,18). The predicted octanol–water partition coefficient (Wildman–Crippen LogP) is 1.05. The van der Waals surface area contributed by atoms with Crippen LogP contribution in [0.4, 0.5) is 0 Å². The first-order chi connectivity index (χ1) is 9.81. The summed E-state index contributed by atoms with van der Waals surface area (Å²) < 4.78 is 11.5. The molecule has 2 rings (SSSR count). The van der Waals surface area contributed by atoms with Gasteiger partial charge in [0.2, 0.25) is 11.8 Å². The Balaban J connectivity index is 2.15. The molecule has 0 radical (unpaired) electrons. The quantitative estimate of drug-likeness (QED) is 0.797. The summed E-state index contributed by atoms with van der Waals surface area (Å²) >= 11 is 0. The van der Waals surface area contributed by atoms with Crippen molar-refractivity contribution in [2.75, 3.05) is 12.8 Å². The summed E-state index contributed by atoms with van der Waals surface area (Å²) in [6, 6.07) is -0.387. The first-order valence-electron chi connectivity index (χ1n) is 7.76. The third-order valence-electron chi connectivity index (χ3n) is 4.89. The average Bonchev–Trinajstić information content (AvgIpc) is 3.25. The second-order valence-corrected chi connectivity index (χ2v) is 8.29. The van der Waals surface area contributed by atoms with Crippen LogP contribution in [0.3, 0.4) is 0 Å². The molecule has 2 aliphatic rings. The molecule has 4 unspecified atom stereocenters. The largest absolute Gasteiger partial charge is 0.340 e. The summed E-state index contributed by atoms with van der Waals surface area (Å²) in [6.45, 7) is 6.20. The zero-order valence-corrected chi connectivity index (χ0v) is 14.2. The van der Waals surface area contributed by atoms with Crippen molar-refractivity contribution in [3.8, 4) is 0 Å². The molecule has 5 nitrogen and oxygen atoms in total. The number of carbonyl (C=O) groups is 2. The fourth-order valence-electron chi connectivity index (χ4n) is 3.06. The van der Waals surface area contributed by atoms with Crippen LogP contribution in [0.25, 0.3) is 0 Å². The highest BCUT2D eigenvalue weighted by molar-refractivity contribution is 7.84. The zero-order valence-electron chi connectivity index (χ0n) is 13.3. The second-order valence-electron chi connectivity index (χ2n) is 6.49. The van der Waals surface area contributed by atoms with Crippen molar-refractivity contribution < 1.29 is 13.8 Å². The van der Waals surface area contributed by atoms with Crippen LogP contribution < -0.4 is 5.32 Å². The Labute approximate surface area is 129 Å². The van der Waals surface area contributed by atoms with E-state index < -0.39 is 16.3 Å². The molecule has 1 aliphatic carbocycles. The molecular formula is C15H26N2O3S. The SMILES string of the molecule is CCC1C(=O)NC(C)(C2CC2)C(=O)N1CCC(C)S(C)=O. The molecule has 4 atom stereocenters. The highest BCUT2D eigenvalue weighted by Crippen LogP contribution is 2.42. The highest BCUT2D eigenvalue weighted by atomic mass is 32.2. The van der Waals surface area contributed by atoms with Gasteiger partial charge in [0.15, 0.2) is 0 Å². The molecule has 0 aromatic heterocycles. The Kier molecular flexibility index (Phi) is 4.76. The first-order valence-corrected chi connectivity index (χ1v) is 9.38. The summed E-state index contributed by atoms with van der Waals surface area (Å²) in [6.07, 6.45) is 4.97. The van der Waals surface area contributed by atoms with Crippen LogP contribution in [0.5, 0.6) is 0 Å². The molecule has 1 N–H and O–H groups in total. The van der Waals surface area contributed by atoms with Gasteiger partial charge in [-0.05, 0) is 38.5 Å². The van der Waals surface area contributed by atoms with E-state index in [-0.39, 0.29) is 29.0 Å². The van der Waals surface area contributed by atoms with E-state index in [0.717, 1.165) is 12.8 Å². The lowest BCUT2D eigenvalue weighted by atomic mass is 9.88. The number of nitrogens with one attached hydrogen (secondary N) is 1. The maximum Gasteiger partial charge on any atom is 0.249 e. The predicted molar refractivity (Wildman–Crippen MR) is 83.2 cm³/mol. The van der Waals surface area contributed by atoms with Gasteiger partial charge in [0.25, 0.3) is 0 Å². The van der Waals surface area contributed by atoms with Gasteiger partial charge in [-0.2, -0.15) is 0 Å². The van der Waals surface area contributed by atoms with E-state index >= 15 is 0 Å². The Hall–Kier alpha value is -0.910. The smallest absolute Gasteiger partial charge is 0.249 e. The van der Waals surface area contributed by atoms with E-state index in [1.165, 1.54) is 0 Å². The molecule has 0 spiro atoms. The molecule has 1 aliphatic heterocycles. The molecule has 0 aromatic carbocycles. The molecule has 1 saturated heterocycles. The van der Waals surface area contributed by atoms with E-state index in [1.807, 2.05) is 20.8 Å². The van der Waals surface area contributed by atoms with Gasteiger partial charge in [-0.15, -0.1) is 0 Å². The van der Waals surface area contributed by atoms with Crippen molar-refractivity contribution in [2.45, 2.75) is 63.3 Å². The Morgan fingerprint density at radius 3 is 2.52 bits per heavy atom. The van der Waals surface area contributed by atoms with E-state index in [0.29, 0.717) is 19.4 Å². The summed E-state index contributed by atoms with van der Waals surface area (Å²) in [7, 11) is -0.902. The zero-order chi connectivity index (χ0) is 15.8. The Bertz CT molecular complexity index is 464. The highest BCUT2D eigenvalue weighted by Gasteiger charge is 2.54. The van der Waals surface area contributed by atoms with E-state index in [4.69, 9.17) is 0 Å². The van der Waals surface area contributed by atoms with Crippen molar-refractivity contribution in [2.24, 2.45) is 5.92 Å². The summed E-state index contributed by atoms with van der Waals surface area (Å²) in [5, 5.41) is 2.99. The van der Waals surface area contributed by atoms with Gasteiger partial charge in [-0.3, -0.25) is 13.8 Å². The van der Waals surface area contributed by atoms with Crippen LogP contribution in [-0.2, 0) is 20.4 Å². The number of rotatable bonds is 6. The maximum absolute atomic E-state index is 12.9. The van der Waals surface area contributed by atoms with Crippen molar-refractivity contribution in [3.63, 3.8) is 0 Å². The number of hydrogen-bond acceptors (Lipinski definition) is 3. The molecule has 2 fully saturated rings. The van der Waals surface area contributed by atoms with Gasteiger partial charge in [-0.1, -0.05) is 13.8 Å². The van der Waals surface area contributed by atoms with Crippen LogP contribution >= 0.6 is 0 Å². The minimum absolute atomic E-state index is 0.0329. The lowest BCUT2D eigenvalue weighted by molar-refractivity contribution is -0.155. The van der Waals surface area contributed by atoms with Crippen LogP contribution in [0.15, 0.2) is 0 Å². The molecule has 6 heteroatoms. The van der Waals surface area contributed by atoms with Crippen LogP contribution in [0.1, 0.15) is 46.5 Å². The van der Waals surface area contributed by atoms with Gasteiger partial charge >= 0.3 is 0 Å². The first kappa shape index (κ1) is 16.5. The maximum atomic E-state index is 12.9. The second kappa shape index (κ2) is 6.07. The van der Waals surface area contributed by atoms with Crippen LogP contribution in [0.2, 0.25) is 0 Å². The van der Waals surface area contributed by atoms with Crippen LogP contribution in [0, 0.1) is 5.92 Å². The monoisotopic (exact) mass is 314 g/mol. The molecule has 120 valence electrons. The van der Waals surface area contributed by atoms with Gasteiger partial charge in [0, 0.05) is 28.9 Å². The molecule has 2 amide bonds. The van der Waals surface area contributed by atoms with Gasteiger partial charge in [0.1, 0.15) is 11.6 Å². The molecule has 0 aromatic rings. The summed E-state index contributed by atoms with van der Waals surface area (Å²) in [5.74, 6) is 0.259. The average molecular weight is 314 g/mol. The number of piperazine rings is 1. The van der Waals surface area contributed by atoms with E-state index in [9.17, 15) is 13.8 Å². The summed E-state index contributed by atoms with van der Waals surface area (Å²) in [5.41, 5.74) is -0.739. The molecule has 0 bridgehead atoms. The number of hydrogen-bond donors (Lipinski definition) is 1. The van der Waals surface area contributed by atoms with Gasteiger partial charge < -0.3 is 10.2 Å². The van der Waals surface area contributed by atoms with E-state index in [1.54, 1.807) is 11.2 Å². The third-order valence-corrected chi connectivity index (χ3v) is 6.26. The molecule has 1 heterocycles. The summed E-state index contributed by atoms with van der Waals surface area (Å²) in [4.78, 5) is 26.9. The third kappa shape index (κ3) is 3.15. The Morgan fingerprint density at radius 1 is 1.43 bits per heavy atom. The normalized spacial score (nSPS) is 32.8. The van der Waals surface area contributed by atoms with Crippen molar-refractivity contribution in [1.82, 2.24) is 10.2 Å². The minimum Gasteiger partial charge on any atom is -0.340 e. The van der Waals surface area contributed by atoms with Crippen molar-refractivity contribution in [3.05, 3.63) is 0 Å². The van der Waals surface area contributed by atoms with Crippen molar-refractivity contribution >= 4 is 22.6 Å². The minimum atomic E-state index is -0.902. The molecule has 1 saturated carbocycles. The molecule has 21 heavy (non-hydrogen) atoms. The lowest BCUT2D eigenvalue weighted by Gasteiger charge is -2.44. The number of carbonyl (C=O) groups excluding carboxylic acids is 2. The molecular weight excluding hydrogens is 288 g/mol. The van der Waals surface area contributed by atoms with Crippen LogP contribution in [-0.4, -0.2) is 50.6 Å². The number of nitrogens with zero attached hydrogens (tertiary/aromatic N) is 1. The Morgan fingerprint density at radius 2 is 2.05 bits per heavy atom. The van der Waals surface area contributed by atoms with E-state index in [2.05, 4.69) is 5.32 Å². The topological polar surface area (TPSA) is 66.5 Å². The van der Waals surface area contributed by atoms with Gasteiger partial charge in [0.05, 0.1) is 0 Å². The van der Waals surface area contributed by atoms with Gasteiger partial charge in [-0.25, -0.2) is 0 Å². The lowest BCUT2D eigenvalue weighted by Crippen LogP contribution is -2.70. The van der Waals surface area contributed by atoms with Crippen molar-refractivity contribution in [1.29, 1.82) is 0 Å².